The molecular formula is C12H15BrN2O4. The monoisotopic (exact) mass is 330 g/mol. The number of ether oxygens (including phenoxy) is 1. The Hall–Kier alpha value is -1.60. The largest absolute Gasteiger partial charge is 0.496 e. The highest BCUT2D eigenvalue weighted by molar-refractivity contribution is 9.10. The van der Waals surface area contributed by atoms with E-state index in [-0.39, 0.29) is 6.42 Å². The van der Waals surface area contributed by atoms with Crippen LogP contribution >= 0.6 is 15.9 Å². The van der Waals surface area contributed by atoms with Gasteiger partial charge in [-0.25, -0.2) is 0 Å². The van der Waals surface area contributed by atoms with Crippen LogP contribution in [-0.2, 0) is 16.1 Å². The number of carbonyl (C=O) groups is 2. The topological polar surface area (TPSA) is 102 Å². The van der Waals surface area contributed by atoms with Crippen molar-refractivity contribution in [1.29, 1.82) is 0 Å². The van der Waals surface area contributed by atoms with Crippen LogP contribution in [0, 0.1) is 0 Å². The van der Waals surface area contributed by atoms with Gasteiger partial charge in [-0.1, -0.05) is 6.07 Å². The average Bonchev–Trinajstić information content (AvgIpc) is 2.36. The minimum atomic E-state index is -1.19. The molecule has 1 amide bonds. The molecular weight excluding hydrogens is 316 g/mol. The maximum Gasteiger partial charge on any atom is 0.321 e. The summed E-state index contributed by atoms with van der Waals surface area (Å²) in [5.41, 5.74) is 6.13. The van der Waals surface area contributed by atoms with Crippen molar-refractivity contribution >= 4 is 27.8 Å². The van der Waals surface area contributed by atoms with Gasteiger partial charge in [0.15, 0.2) is 0 Å². The van der Waals surface area contributed by atoms with Gasteiger partial charge in [0.25, 0.3) is 0 Å². The Morgan fingerprint density at radius 1 is 1.53 bits per heavy atom. The van der Waals surface area contributed by atoms with E-state index in [9.17, 15) is 9.59 Å². The molecule has 0 aromatic heterocycles. The number of carboxylic acids is 1. The summed E-state index contributed by atoms with van der Waals surface area (Å²) in [6.45, 7) is 0.299. The summed E-state index contributed by atoms with van der Waals surface area (Å²) in [4.78, 5) is 21.9. The minimum Gasteiger partial charge on any atom is -0.496 e. The molecule has 7 heteroatoms. The molecule has 1 atom stereocenters. The van der Waals surface area contributed by atoms with E-state index in [4.69, 9.17) is 15.6 Å². The summed E-state index contributed by atoms with van der Waals surface area (Å²) >= 11 is 3.34. The van der Waals surface area contributed by atoms with Crippen LogP contribution in [0.3, 0.4) is 0 Å². The maximum absolute atomic E-state index is 11.4. The van der Waals surface area contributed by atoms with Gasteiger partial charge in [-0.3, -0.25) is 9.59 Å². The lowest BCUT2D eigenvalue weighted by atomic mass is 10.2. The second-order valence-corrected chi connectivity index (χ2v) is 4.75. The Morgan fingerprint density at radius 3 is 2.74 bits per heavy atom. The molecule has 1 rings (SSSR count). The zero-order valence-electron chi connectivity index (χ0n) is 10.4. The number of hydrogen-bond donors (Lipinski definition) is 3. The van der Waals surface area contributed by atoms with Gasteiger partial charge in [0.1, 0.15) is 11.8 Å². The molecule has 0 heterocycles. The quantitative estimate of drug-likeness (QED) is 0.718. The van der Waals surface area contributed by atoms with Gasteiger partial charge in [0, 0.05) is 6.54 Å². The molecule has 0 spiro atoms. The lowest BCUT2D eigenvalue weighted by molar-refractivity contribution is -0.140. The molecule has 0 radical (unpaired) electrons. The van der Waals surface area contributed by atoms with Crippen LogP contribution < -0.4 is 15.8 Å². The summed E-state index contributed by atoms with van der Waals surface area (Å²) in [6, 6.07) is 4.22. The van der Waals surface area contributed by atoms with Crippen molar-refractivity contribution in [3.05, 3.63) is 28.2 Å². The molecule has 6 nitrogen and oxygen atoms in total. The van der Waals surface area contributed by atoms with Crippen LogP contribution in [0.15, 0.2) is 22.7 Å². The summed E-state index contributed by atoms with van der Waals surface area (Å²) in [7, 11) is 1.56. The number of aliphatic carboxylic acids is 1. The van der Waals surface area contributed by atoms with E-state index < -0.39 is 17.9 Å². The fourth-order valence-corrected chi connectivity index (χ4v) is 1.97. The first kappa shape index (κ1) is 15.5. The van der Waals surface area contributed by atoms with Crippen molar-refractivity contribution in [2.75, 3.05) is 7.11 Å². The zero-order chi connectivity index (χ0) is 14.4. The molecule has 0 aliphatic carbocycles. The Labute approximate surface area is 119 Å². The molecule has 1 aromatic carbocycles. The van der Waals surface area contributed by atoms with E-state index >= 15 is 0 Å². The van der Waals surface area contributed by atoms with Crippen molar-refractivity contribution in [2.24, 2.45) is 5.73 Å². The number of amides is 1. The molecule has 19 heavy (non-hydrogen) atoms. The number of carbonyl (C=O) groups excluding carboxylic acids is 1. The van der Waals surface area contributed by atoms with Crippen LogP contribution in [0.4, 0.5) is 0 Å². The number of halogens is 1. The normalized spacial score (nSPS) is 11.7. The first-order valence-electron chi connectivity index (χ1n) is 5.51. The number of methoxy groups -OCH3 is 1. The van der Waals surface area contributed by atoms with Crippen molar-refractivity contribution in [3.8, 4) is 5.75 Å². The lowest BCUT2D eigenvalue weighted by Gasteiger charge is -2.09. The van der Waals surface area contributed by atoms with Crippen LogP contribution in [0.2, 0.25) is 0 Å². The molecule has 0 bridgehead atoms. The van der Waals surface area contributed by atoms with Crippen molar-refractivity contribution in [3.63, 3.8) is 0 Å². The average molecular weight is 331 g/mol. The van der Waals surface area contributed by atoms with Gasteiger partial charge in [0.2, 0.25) is 5.91 Å². The summed E-state index contributed by atoms with van der Waals surface area (Å²) in [5, 5.41) is 11.2. The summed E-state index contributed by atoms with van der Waals surface area (Å²) < 4.78 is 5.87. The molecule has 104 valence electrons. The molecule has 0 aliphatic heterocycles. The van der Waals surface area contributed by atoms with E-state index in [0.717, 1.165) is 10.0 Å². The molecule has 0 fully saturated rings. The third kappa shape index (κ3) is 4.88. The second kappa shape index (κ2) is 7.10. The van der Waals surface area contributed by atoms with Crippen LogP contribution in [0.1, 0.15) is 12.0 Å². The first-order valence-corrected chi connectivity index (χ1v) is 6.31. The third-order valence-corrected chi connectivity index (χ3v) is 3.05. The third-order valence-electron chi connectivity index (χ3n) is 2.43. The fourth-order valence-electron chi connectivity index (χ4n) is 1.38. The molecule has 1 unspecified atom stereocenters. The van der Waals surface area contributed by atoms with E-state index in [1.165, 1.54) is 0 Å². The van der Waals surface area contributed by atoms with E-state index in [0.29, 0.717) is 12.3 Å². The SMILES string of the molecule is COc1ccc(CNC(=O)CC(N)C(=O)O)cc1Br. The Morgan fingerprint density at radius 2 is 2.21 bits per heavy atom. The fraction of sp³-hybridized carbons (Fsp3) is 0.333. The van der Waals surface area contributed by atoms with Gasteiger partial charge < -0.3 is 20.9 Å². The molecule has 1 aromatic rings. The smallest absolute Gasteiger partial charge is 0.321 e. The Bertz CT molecular complexity index is 479. The van der Waals surface area contributed by atoms with Gasteiger partial charge in [-0.05, 0) is 33.6 Å². The lowest BCUT2D eigenvalue weighted by Crippen LogP contribution is -2.36. The van der Waals surface area contributed by atoms with Crippen molar-refractivity contribution in [1.82, 2.24) is 5.32 Å². The second-order valence-electron chi connectivity index (χ2n) is 3.89. The summed E-state index contributed by atoms with van der Waals surface area (Å²) in [6.07, 6.45) is -0.243. The highest BCUT2D eigenvalue weighted by atomic mass is 79.9. The van der Waals surface area contributed by atoms with Gasteiger partial charge in [-0.2, -0.15) is 0 Å². The van der Waals surface area contributed by atoms with Crippen LogP contribution in [0.25, 0.3) is 0 Å². The van der Waals surface area contributed by atoms with E-state index in [2.05, 4.69) is 21.2 Å². The predicted octanol–water partition coefficient (Wildman–Crippen LogP) is 0.876. The Kier molecular flexibility index (Phi) is 5.78. The van der Waals surface area contributed by atoms with E-state index in [1.54, 1.807) is 19.2 Å². The molecule has 4 N–H and O–H groups in total. The predicted molar refractivity (Wildman–Crippen MR) is 72.8 cm³/mol. The standard InChI is InChI=1S/C12H15BrN2O4/c1-19-10-3-2-7(4-8(10)13)6-15-11(16)5-9(14)12(17)18/h2-4,9H,5-6,14H2,1H3,(H,15,16)(H,17,18). The minimum absolute atomic E-state index is 0.243. The number of rotatable bonds is 6. The number of nitrogens with two attached hydrogens (primary N) is 1. The van der Waals surface area contributed by atoms with E-state index in [1.807, 2.05) is 6.07 Å². The van der Waals surface area contributed by atoms with Crippen molar-refractivity contribution < 1.29 is 19.4 Å². The zero-order valence-corrected chi connectivity index (χ0v) is 11.9. The van der Waals surface area contributed by atoms with Crippen LogP contribution in [0.5, 0.6) is 5.75 Å². The highest BCUT2D eigenvalue weighted by Gasteiger charge is 2.15. The van der Waals surface area contributed by atoms with Crippen molar-refractivity contribution in [2.45, 2.75) is 19.0 Å². The number of hydrogen-bond acceptors (Lipinski definition) is 4. The maximum atomic E-state index is 11.4. The van der Waals surface area contributed by atoms with Gasteiger partial charge in [0.05, 0.1) is 18.0 Å². The Balaban J connectivity index is 2.50. The molecule has 0 saturated heterocycles. The summed E-state index contributed by atoms with van der Waals surface area (Å²) in [5.74, 6) is -0.896. The molecule has 0 saturated carbocycles. The van der Waals surface area contributed by atoms with Gasteiger partial charge >= 0.3 is 5.97 Å². The van der Waals surface area contributed by atoms with Crippen LogP contribution in [-0.4, -0.2) is 30.1 Å². The number of benzene rings is 1. The first-order chi connectivity index (χ1) is 8.93. The molecule has 0 aliphatic rings. The number of carboxylic acid groups (broad SMARTS) is 1. The van der Waals surface area contributed by atoms with Gasteiger partial charge in [-0.15, -0.1) is 0 Å². The highest BCUT2D eigenvalue weighted by Crippen LogP contribution is 2.25. The number of nitrogens with one attached hydrogen (secondary N) is 1.